The Bertz CT molecular complexity index is 554. The summed E-state index contributed by atoms with van der Waals surface area (Å²) in [5.41, 5.74) is 0.457. The highest BCUT2D eigenvalue weighted by atomic mass is 19.1. The smallest absolute Gasteiger partial charge is 0.338 e. The van der Waals surface area contributed by atoms with Crippen LogP contribution in [0.25, 0.3) is 0 Å². The minimum atomic E-state index is -1.31. The Morgan fingerprint density at radius 2 is 2.33 bits per heavy atom. The van der Waals surface area contributed by atoms with E-state index >= 15 is 0 Å². The maximum atomic E-state index is 13.9. The summed E-state index contributed by atoms with van der Waals surface area (Å²) in [4.78, 5) is 16.2. The number of aromatic nitrogens is 1. The van der Waals surface area contributed by atoms with Crippen LogP contribution in [0.15, 0.2) is 35.3 Å². The monoisotopic (exact) mass is 250 g/mol. The largest absolute Gasteiger partial charge is 0.478 e. The van der Waals surface area contributed by atoms with Gasteiger partial charge in [-0.3, -0.25) is 0 Å². The molecule has 0 unspecified atom stereocenters. The van der Waals surface area contributed by atoms with Gasteiger partial charge in [-0.05, 0) is 12.1 Å². The second kappa shape index (κ2) is 4.87. The fourth-order valence-corrected chi connectivity index (χ4v) is 1.60. The van der Waals surface area contributed by atoms with Crippen LogP contribution in [0.4, 0.5) is 10.2 Å². The minimum Gasteiger partial charge on any atom is -0.478 e. The molecule has 0 aromatic carbocycles. The highest BCUT2D eigenvalue weighted by Crippen LogP contribution is 2.20. The summed E-state index contributed by atoms with van der Waals surface area (Å²) in [5, 5.41) is 8.83. The zero-order chi connectivity index (χ0) is 13.1. The van der Waals surface area contributed by atoms with E-state index in [1.165, 1.54) is 23.6 Å². The van der Waals surface area contributed by atoms with Gasteiger partial charge in [-0.15, -0.1) is 0 Å². The summed E-state index contributed by atoms with van der Waals surface area (Å²) in [6, 6.07) is 2.88. The van der Waals surface area contributed by atoms with Crippen LogP contribution in [0.5, 0.6) is 0 Å². The van der Waals surface area contributed by atoms with Gasteiger partial charge >= 0.3 is 5.97 Å². The van der Waals surface area contributed by atoms with Gasteiger partial charge in [0, 0.05) is 25.4 Å². The number of hydrogen-bond acceptors (Lipinski definition) is 4. The van der Waals surface area contributed by atoms with Gasteiger partial charge in [-0.2, -0.15) is 0 Å². The Balaban J connectivity index is 2.27. The molecule has 0 saturated carbocycles. The van der Waals surface area contributed by atoms with Gasteiger partial charge in [0.1, 0.15) is 5.56 Å². The molecule has 0 aliphatic heterocycles. The zero-order valence-electron chi connectivity index (χ0n) is 9.63. The van der Waals surface area contributed by atoms with Crippen LogP contribution in [0.3, 0.4) is 0 Å². The summed E-state index contributed by atoms with van der Waals surface area (Å²) in [5.74, 6) is -2.15. The van der Waals surface area contributed by atoms with Crippen LogP contribution in [-0.4, -0.2) is 23.1 Å². The molecule has 0 aliphatic carbocycles. The van der Waals surface area contributed by atoms with Crippen molar-refractivity contribution in [3.05, 3.63) is 47.8 Å². The van der Waals surface area contributed by atoms with Crippen molar-refractivity contribution in [2.75, 3.05) is 11.9 Å². The molecule has 0 amide bonds. The number of hydrogen-bond donors (Lipinski definition) is 1. The second-order valence-corrected chi connectivity index (χ2v) is 3.79. The molecule has 0 radical (unpaired) electrons. The summed E-state index contributed by atoms with van der Waals surface area (Å²) >= 11 is 0. The van der Waals surface area contributed by atoms with E-state index in [4.69, 9.17) is 9.52 Å². The number of rotatable bonds is 4. The van der Waals surface area contributed by atoms with Crippen LogP contribution in [0, 0.1) is 5.82 Å². The van der Waals surface area contributed by atoms with Crippen molar-refractivity contribution < 1.29 is 18.7 Å². The van der Waals surface area contributed by atoms with Crippen molar-refractivity contribution in [2.45, 2.75) is 6.54 Å². The third-order valence-corrected chi connectivity index (χ3v) is 2.46. The van der Waals surface area contributed by atoms with Gasteiger partial charge < -0.3 is 14.4 Å². The lowest BCUT2D eigenvalue weighted by atomic mass is 10.2. The van der Waals surface area contributed by atoms with Gasteiger partial charge in [0.25, 0.3) is 0 Å². The van der Waals surface area contributed by atoms with Crippen molar-refractivity contribution in [3.8, 4) is 0 Å². The molecule has 2 aromatic rings. The van der Waals surface area contributed by atoms with Crippen LogP contribution < -0.4 is 4.90 Å². The van der Waals surface area contributed by atoms with Crippen LogP contribution >= 0.6 is 0 Å². The SMILES string of the molecule is CN(Cc1ccoc1)c1nccc(C(=O)O)c1F. The maximum Gasteiger partial charge on any atom is 0.338 e. The summed E-state index contributed by atoms with van der Waals surface area (Å²) < 4.78 is 18.8. The van der Waals surface area contributed by atoms with Crippen molar-refractivity contribution >= 4 is 11.8 Å². The van der Waals surface area contributed by atoms with Gasteiger partial charge in [0.15, 0.2) is 11.6 Å². The Hall–Kier alpha value is -2.37. The zero-order valence-corrected chi connectivity index (χ0v) is 9.63. The molecule has 0 saturated heterocycles. The molecule has 1 N–H and O–H groups in total. The minimum absolute atomic E-state index is 0.00361. The van der Waals surface area contributed by atoms with E-state index in [0.29, 0.717) is 6.54 Å². The fourth-order valence-electron chi connectivity index (χ4n) is 1.60. The Morgan fingerprint density at radius 1 is 1.56 bits per heavy atom. The van der Waals surface area contributed by atoms with Gasteiger partial charge in [0.05, 0.1) is 12.5 Å². The van der Waals surface area contributed by atoms with Gasteiger partial charge in [0.2, 0.25) is 0 Å². The summed E-state index contributed by atoms with van der Waals surface area (Å²) in [6.07, 6.45) is 4.32. The predicted octanol–water partition coefficient (Wildman–Crippen LogP) is 2.15. The molecule has 0 bridgehead atoms. The standard InChI is InChI=1S/C12H11FN2O3/c1-15(6-8-3-5-18-7-8)11-10(13)9(12(16)17)2-4-14-11/h2-5,7H,6H2,1H3,(H,16,17). The molecular weight excluding hydrogens is 239 g/mol. The number of halogens is 1. The lowest BCUT2D eigenvalue weighted by Crippen LogP contribution is -2.20. The highest BCUT2D eigenvalue weighted by molar-refractivity contribution is 5.88. The van der Waals surface area contributed by atoms with Crippen molar-refractivity contribution in [1.82, 2.24) is 4.98 Å². The number of furan rings is 1. The average molecular weight is 250 g/mol. The lowest BCUT2D eigenvalue weighted by Gasteiger charge is -2.18. The summed E-state index contributed by atoms with van der Waals surface area (Å²) in [6.45, 7) is 0.378. The Kier molecular flexibility index (Phi) is 3.27. The van der Waals surface area contributed by atoms with E-state index in [0.717, 1.165) is 11.6 Å². The van der Waals surface area contributed by atoms with E-state index in [1.807, 2.05) is 0 Å². The first-order chi connectivity index (χ1) is 8.59. The molecule has 18 heavy (non-hydrogen) atoms. The van der Waals surface area contributed by atoms with Gasteiger partial charge in [-0.25, -0.2) is 14.2 Å². The van der Waals surface area contributed by atoms with Gasteiger partial charge in [-0.1, -0.05) is 0 Å². The molecule has 6 heteroatoms. The topological polar surface area (TPSA) is 66.6 Å². The average Bonchev–Trinajstić information content (AvgIpc) is 2.81. The number of nitrogens with zero attached hydrogens (tertiary/aromatic N) is 2. The number of carboxylic acid groups (broad SMARTS) is 1. The quantitative estimate of drug-likeness (QED) is 0.900. The highest BCUT2D eigenvalue weighted by Gasteiger charge is 2.17. The number of carboxylic acids is 1. The molecule has 94 valence electrons. The first kappa shape index (κ1) is 12.1. The maximum absolute atomic E-state index is 13.9. The van der Waals surface area contributed by atoms with E-state index in [9.17, 15) is 9.18 Å². The first-order valence-corrected chi connectivity index (χ1v) is 5.19. The third kappa shape index (κ3) is 2.32. The second-order valence-electron chi connectivity index (χ2n) is 3.79. The normalized spacial score (nSPS) is 10.3. The van der Waals surface area contributed by atoms with Crippen LogP contribution in [-0.2, 0) is 6.54 Å². The van der Waals surface area contributed by atoms with Crippen LogP contribution in [0.2, 0.25) is 0 Å². The van der Waals surface area contributed by atoms with Crippen LogP contribution in [0.1, 0.15) is 15.9 Å². The number of pyridine rings is 1. The Labute approximate surface area is 102 Å². The molecule has 0 spiro atoms. The molecule has 2 rings (SSSR count). The first-order valence-electron chi connectivity index (χ1n) is 5.19. The van der Waals surface area contributed by atoms with Crippen molar-refractivity contribution in [3.63, 3.8) is 0 Å². The van der Waals surface area contributed by atoms with E-state index < -0.39 is 11.8 Å². The predicted molar refractivity (Wildman–Crippen MR) is 62.0 cm³/mol. The lowest BCUT2D eigenvalue weighted by molar-refractivity contribution is 0.0692. The third-order valence-electron chi connectivity index (χ3n) is 2.46. The Morgan fingerprint density at radius 3 is 2.94 bits per heavy atom. The summed E-state index contributed by atoms with van der Waals surface area (Å²) in [7, 11) is 1.63. The number of anilines is 1. The number of aromatic carboxylic acids is 1. The van der Waals surface area contributed by atoms with Crippen molar-refractivity contribution in [1.29, 1.82) is 0 Å². The van der Waals surface area contributed by atoms with E-state index in [-0.39, 0.29) is 11.4 Å². The fraction of sp³-hybridized carbons (Fsp3) is 0.167. The van der Waals surface area contributed by atoms with E-state index in [1.54, 1.807) is 13.1 Å². The molecule has 0 fully saturated rings. The van der Waals surface area contributed by atoms with E-state index in [2.05, 4.69) is 4.98 Å². The van der Waals surface area contributed by atoms with Crippen molar-refractivity contribution in [2.24, 2.45) is 0 Å². The molecule has 0 aliphatic rings. The molecule has 0 atom stereocenters. The molecular formula is C12H11FN2O3. The molecule has 2 heterocycles. The molecule has 2 aromatic heterocycles. The molecule has 5 nitrogen and oxygen atoms in total. The number of carbonyl (C=O) groups is 1.